The van der Waals surface area contributed by atoms with Gasteiger partial charge in [0.2, 0.25) is 0 Å². The molecule has 2 N–H and O–H groups in total. The average molecular weight is 288 g/mol. The van der Waals surface area contributed by atoms with Gasteiger partial charge in [0.1, 0.15) is 0 Å². The van der Waals surface area contributed by atoms with Gasteiger partial charge in [-0.1, -0.05) is 13.8 Å². The number of rotatable bonds is 2. The maximum absolute atomic E-state index is 12.5. The molecule has 0 aromatic carbocycles. The molecule has 1 spiro atoms. The van der Waals surface area contributed by atoms with Gasteiger partial charge < -0.3 is 10.1 Å². The van der Waals surface area contributed by atoms with Crippen LogP contribution in [0.2, 0.25) is 0 Å². The summed E-state index contributed by atoms with van der Waals surface area (Å²) in [6.45, 7) is 13.2. The van der Waals surface area contributed by atoms with Gasteiger partial charge >= 0.3 is 0 Å². The van der Waals surface area contributed by atoms with Gasteiger partial charge in [0.25, 0.3) is 0 Å². The highest BCUT2D eigenvalue weighted by molar-refractivity contribution is 7.84. The Hall–Kier alpha value is 0.0300. The molecule has 0 saturated carbocycles. The topological polar surface area (TPSA) is 50.4 Å². The Bertz CT molecular complexity index is 357. The summed E-state index contributed by atoms with van der Waals surface area (Å²) in [5.41, 5.74) is -0.117. The summed E-state index contributed by atoms with van der Waals surface area (Å²) in [7, 11) is -1.05. The van der Waals surface area contributed by atoms with Gasteiger partial charge in [0, 0.05) is 5.41 Å². The van der Waals surface area contributed by atoms with Gasteiger partial charge in [0.15, 0.2) is 0 Å². The molecule has 0 aliphatic carbocycles. The third-order valence-corrected chi connectivity index (χ3v) is 5.83. The third-order valence-electron chi connectivity index (χ3n) is 4.27. The zero-order valence-corrected chi connectivity index (χ0v) is 13.7. The molecule has 2 aliphatic rings. The summed E-state index contributed by atoms with van der Waals surface area (Å²) in [6.07, 6.45) is 1.99. The first kappa shape index (κ1) is 15.4. The average Bonchev–Trinajstić information content (AvgIpc) is 2.54. The van der Waals surface area contributed by atoms with E-state index in [0.717, 1.165) is 32.5 Å². The van der Waals surface area contributed by atoms with Crippen LogP contribution in [0.4, 0.5) is 0 Å². The fourth-order valence-electron chi connectivity index (χ4n) is 3.04. The van der Waals surface area contributed by atoms with Gasteiger partial charge in [-0.15, -0.1) is 0 Å². The van der Waals surface area contributed by atoms with Gasteiger partial charge in [-0.2, -0.15) is 0 Å². The normalized spacial score (nSPS) is 31.5. The second-order valence-corrected chi connectivity index (χ2v) is 9.52. The van der Waals surface area contributed by atoms with Crippen molar-refractivity contribution in [2.45, 2.75) is 63.9 Å². The Labute approximate surface area is 119 Å². The second-order valence-electron chi connectivity index (χ2n) is 7.52. The lowest BCUT2D eigenvalue weighted by Gasteiger charge is -2.42. The van der Waals surface area contributed by atoms with Gasteiger partial charge in [-0.05, 0) is 46.7 Å². The molecule has 2 heterocycles. The van der Waals surface area contributed by atoms with Gasteiger partial charge in [-0.25, -0.2) is 8.93 Å². The van der Waals surface area contributed by atoms with Crippen LogP contribution < -0.4 is 10.0 Å². The van der Waals surface area contributed by atoms with E-state index < -0.39 is 11.0 Å². The van der Waals surface area contributed by atoms with Crippen molar-refractivity contribution in [3.05, 3.63) is 0 Å². The molecule has 0 amide bonds. The van der Waals surface area contributed by atoms with E-state index in [-0.39, 0.29) is 21.8 Å². The zero-order chi connectivity index (χ0) is 14.3. The number of hydrogen-bond acceptors (Lipinski definition) is 3. The molecule has 2 fully saturated rings. The fraction of sp³-hybridized carbons (Fsp3) is 1.00. The van der Waals surface area contributed by atoms with Crippen molar-refractivity contribution in [3.8, 4) is 0 Å². The minimum Gasteiger partial charge on any atom is -0.373 e. The Morgan fingerprint density at radius 3 is 2.37 bits per heavy atom. The number of ether oxygens (including phenoxy) is 1. The molecule has 4 nitrogen and oxygen atoms in total. The lowest BCUT2D eigenvalue weighted by Crippen LogP contribution is -2.59. The van der Waals surface area contributed by atoms with Crippen LogP contribution in [0.5, 0.6) is 0 Å². The smallest absolute Gasteiger partial charge is 0.0973 e. The van der Waals surface area contributed by atoms with E-state index in [9.17, 15) is 4.21 Å². The van der Waals surface area contributed by atoms with Crippen molar-refractivity contribution in [2.75, 3.05) is 19.7 Å². The summed E-state index contributed by atoms with van der Waals surface area (Å²) < 4.78 is 21.8. The fourth-order valence-corrected chi connectivity index (χ4v) is 4.14. The summed E-state index contributed by atoms with van der Waals surface area (Å²) >= 11 is 0. The molecule has 0 bridgehead atoms. The number of nitrogens with one attached hydrogen (secondary N) is 2. The van der Waals surface area contributed by atoms with Crippen molar-refractivity contribution in [1.82, 2.24) is 10.0 Å². The van der Waals surface area contributed by atoms with Crippen LogP contribution in [0.25, 0.3) is 0 Å². The van der Waals surface area contributed by atoms with E-state index in [1.54, 1.807) is 0 Å². The molecular formula is C14H28N2O2S. The van der Waals surface area contributed by atoms with Crippen LogP contribution in [-0.4, -0.2) is 40.3 Å². The maximum Gasteiger partial charge on any atom is 0.0973 e. The second kappa shape index (κ2) is 5.10. The SMILES string of the molecule is CC1(C)COC2(CCNCC2)[C@H]1N[S@](=O)C(C)(C)C. The van der Waals surface area contributed by atoms with E-state index in [0.29, 0.717) is 0 Å². The molecule has 19 heavy (non-hydrogen) atoms. The van der Waals surface area contributed by atoms with E-state index in [1.807, 2.05) is 20.8 Å². The minimum absolute atomic E-state index is 0.0260. The highest BCUT2D eigenvalue weighted by atomic mass is 32.2. The minimum atomic E-state index is -1.05. The quantitative estimate of drug-likeness (QED) is 0.811. The van der Waals surface area contributed by atoms with Crippen molar-refractivity contribution in [1.29, 1.82) is 0 Å². The van der Waals surface area contributed by atoms with Crippen LogP contribution in [0.3, 0.4) is 0 Å². The largest absolute Gasteiger partial charge is 0.373 e. The molecule has 0 aromatic heterocycles. The Kier molecular flexibility index (Phi) is 4.14. The first-order valence-corrected chi connectivity index (χ1v) is 8.35. The number of piperidine rings is 1. The van der Waals surface area contributed by atoms with Crippen LogP contribution in [0.1, 0.15) is 47.5 Å². The van der Waals surface area contributed by atoms with Crippen molar-refractivity contribution in [3.63, 3.8) is 0 Å². The molecule has 2 aliphatic heterocycles. The molecule has 5 heteroatoms. The van der Waals surface area contributed by atoms with Gasteiger partial charge in [-0.3, -0.25) is 0 Å². The first-order chi connectivity index (χ1) is 8.67. The summed E-state index contributed by atoms with van der Waals surface area (Å²) in [4.78, 5) is 0. The molecular weight excluding hydrogens is 260 g/mol. The number of hydrogen-bond donors (Lipinski definition) is 2. The van der Waals surface area contributed by atoms with E-state index in [2.05, 4.69) is 23.9 Å². The summed E-state index contributed by atoms with van der Waals surface area (Å²) in [5, 5.41) is 3.38. The van der Waals surface area contributed by atoms with Crippen LogP contribution in [0, 0.1) is 5.41 Å². The molecule has 112 valence electrons. The zero-order valence-electron chi connectivity index (χ0n) is 12.8. The van der Waals surface area contributed by atoms with Crippen molar-refractivity contribution in [2.24, 2.45) is 5.41 Å². The summed E-state index contributed by atoms with van der Waals surface area (Å²) in [5.74, 6) is 0. The highest BCUT2D eigenvalue weighted by Gasteiger charge is 2.55. The molecule has 0 unspecified atom stereocenters. The third kappa shape index (κ3) is 3.04. The van der Waals surface area contributed by atoms with Crippen molar-refractivity contribution < 1.29 is 8.95 Å². The molecule has 0 aromatic rings. The van der Waals surface area contributed by atoms with Gasteiger partial charge in [0.05, 0.1) is 34.0 Å². The molecule has 2 saturated heterocycles. The Balaban J connectivity index is 2.19. The first-order valence-electron chi connectivity index (χ1n) is 7.20. The molecule has 2 rings (SSSR count). The van der Waals surface area contributed by atoms with Crippen LogP contribution >= 0.6 is 0 Å². The maximum atomic E-state index is 12.5. The Morgan fingerprint density at radius 1 is 1.26 bits per heavy atom. The van der Waals surface area contributed by atoms with Crippen molar-refractivity contribution >= 4 is 11.0 Å². The van der Waals surface area contributed by atoms with E-state index >= 15 is 0 Å². The monoisotopic (exact) mass is 288 g/mol. The molecule has 0 radical (unpaired) electrons. The van der Waals surface area contributed by atoms with E-state index in [4.69, 9.17) is 4.74 Å². The summed E-state index contributed by atoms with van der Waals surface area (Å²) in [6, 6.07) is 0.155. The lowest BCUT2D eigenvalue weighted by molar-refractivity contribution is -0.0300. The standard InChI is InChI=1S/C14H28N2O2S/c1-12(2,3)19(17)16-11-13(4,5)10-18-14(11)6-8-15-9-7-14/h11,15-16H,6-10H2,1-5H3/t11-,19+/m0/s1. The lowest BCUT2D eigenvalue weighted by atomic mass is 9.75. The van der Waals surface area contributed by atoms with Crippen LogP contribution in [0.15, 0.2) is 0 Å². The Morgan fingerprint density at radius 2 is 1.84 bits per heavy atom. The highest BCUT2D eigenvalue weighted by Crippen LogP contribution is 2.44. The van der Waals surface area contributed by atoms with E-state index in [1.165, 1.54) is 0 Å². The van der Waals surface area contributed by atoms with Crippen LogP contribution in [-0.2, 0) is 15.7 Å². The predicted molar refractivity (Wildman–Crippen MR) is 79.4 cm³/mol. The molecule has 2 atom stereocenters. The predicted octanol–water partition coefficient (Wildman–Crippen LogP) is 1.59.